The molecule has 0 atom stereocenters. The molecule has 0 unspecified atom stereocenters. The first kappa shape index (κ1) is 21.5. The minimum Gasteiger partial charge on any atom is -0.494 e. The maximum absolute atomic E-state index is 14.5. The first-order valence-electron chi connectivity index (χ1n) is 10.9. The summed E-state index contributed by atoms with van der Waals surface area (Å²) in [4.78, 5) is 19.7. The second-order valence-electron chi connectivity index (χ2n) is 7.92. The van der Waals surface area contributed by atoms with Gasteiger partial charge in [0.05, 0.1) is 17.7 Å². The van der Waals surface area contributed by atoms with E-state index in [0.29, 0.717) is 16.2 Å². The number of halogens is 1. The number of hydrogen-bond donors (Lipinski definition) is 0. The van der Waals surface area contributed by atoms with Gasteiger partial charge < -0.3 is 9.64 Å². The van der Waals surface area contributed by atoms with Crippen molar-refractivity contribution in [1.29, 1.82) is 0 Å². The molecule has 0 radical (unpaired) electrons. The van der Waals surface area contributed by atoms with Crippen molar-refractivity contribution in [2.45, 2.75) is 19.3 Å². The second kappa shape index (κ2) is 9.23. The van der Waals surface area contributed by atoms with Crippen LogP contribution in [0.4, 0.5) is 4.39 Å². The molecular weight excluding hydrogens is 439 g/mol. The predicted octanol–water partition coefficient (Wildman–Crippen LogP) is 5.14. The molecule has 0 saturated carbocycles. The van der Waals surface area contributed by atoms with Crippen LogP contribution in [0.1, 0.15) is 24.8 Å². The highest BCUT2D eigenvalue weighted by Crippen LogP contribution is 2.34. The third-order valence-electron chi connectivity index (χ3n) is 5.71. The van der Waals surface area contributed by atoms with Crippen molar-refractivity contribution in [2.24, 2.45) is 4.99 Å². The lowest BCUT2D eigenvalue weighted by atomic mass is 10.1. The normalized spacial score (nSPS) is 17.5. The predicted molar refractivity (Wildman–Crippen MR) is 129 cm³/mol. The lowest BCUT2D eigenvalue weighted by molar-refractivity contribution is -0.113. The minimum atomic E-state index is -0.468. The van der Waals surface area contributed by atoms with Gasteiger partial charge in [-0.1, -0.05) is 18.2 Å². The summed E-state index contributed by atoms with van der Waals surface area (Å²) in [5.74, 6) is -0.549. The molecule has 3 heterocycles. The number of hydrogen-bond acceptors (Lipinski definition) is 5. The average molecular weight is 463 g/mol. The number of ether oxygens (including phenoxy) is 1. The summed E-state index contributed by atoms with van der Waals surface area (Å²) in [5.41, 5.74) is 2.76. The number of amides is 1. The maximum atomic E-state index is 14.5. The Kier molecular flexibility index (Phi) is 6.00. The molecule has 0 aliphatic carbocycles. The third kappa shape index (κ3) is 4.43. The van der Waals surface area contributed by atoms with Crippen molar-refractivity contribution in [1.82, 2.24) is 14.7 Å². The summed E-state index contributed by atoms with van der Waals surface area (Å²) >= 11 is 1.39. The Morgan fingerprint density at radius 2 is 1.88 bits per heavy atom. The summed E-state index contributed by atoms with van der Waals surface area (Å²) in [5, 5.41) is 5.48. The van der Waals surface area contributed by atoms with E-state index in [1.165, 1.54) is 31.4 Å². The van der Waals surface area contributed by atoms with Crippen molar-refractivity contribution < 1.29 is 13.9 Å². The molecular formula is C25H23FN4O2S. The topological polar surface area (TPSA) is 59.7 Å². The van der Waals surface area contributed by atoms with Crippen LogP contribution in [0.5, 0.6) is 5.75 Å². The van der Waals surface area contributed by atoms with Crippen LogP contribution in [0.25, 0.3) is 23.0 Å². The van der Waals surface area contributed by atoms with Gasteiger partial charge in [-0.15, -0.1) is 0 Å². The molecule has 6 nitrogen and oxygen atoms in total. The quantitative estimate of drug-likeness (QED) is 0.502. The average Bonchev–Trinajstić information content (AvgIpc) is 3.44. The van der Waals surface area contributed by atoms with Crippen molar-refractivity contribution in [3.8, 4) is 22.7 Å². The van der Waals surface area contributed by atoms with Crippen molar-refractivity contribution in [3.05, 3.63) is 71.0 Å². The zero-order chi connectivity index (χ0) is 22.8. The molecule has 0 N–H and O–H groups in total. The third-order valence-corrected chi connectivity index (χ3v) is 6.76. The monoisotopic (exact) mass is 462 g/mol. The number of likely N-dealkylation sites (tertiary alicyclic amines) is 1. The standard InChI is InChI=1S/C25H23FN4O2S/c1-32-21-11-10-17(14-20(21)26)23-18(16-30(28-23)19-8-4-2-5-9-19)15-22-24(31)27-25(33-22)29-12-6-3-7-13-29/h2,4-5,8-11,14-16H,3,6-7,12-13H2,1H3/b22-15-. The molecule has 8 heteroatoms. The fourth-order valence-corrected chi connectivity index (χ4v) is 4.96. The van der Waals surface area contributed by atoms with Crippen LogP contribution < -0.4 is 4.74 Å². The van der Waals surface area contributed by atoms with E-state index < -0.39 is 5.82 Å². The summed E-state index contributed by atoms with van der Waals surface area (Å²) in [6, 6.07) is 14.4. The van der Waals surface area contributed by atoms with Gasteiger partial charge in [0, 0.05) is 30.4 Å². The Hall–Kier alpha value is -3.39. The van der Waals surface area contributed by atoms with Crippen molar-refractivity contribution >= 4 is 28.9 Å². The van der Waals surface area contributed by atoms with Gasteiger partial charge >= 0.3 is 0 Å². The van der Waals surface area contributed by atoms with Gasteiger partial charge in [-0.3, -0.25) is 4.79 Å². The molecule has 5 rings (SSSR count). The number of carbonyl (C=O) groups excluding carboxylic acids is 1. The maximum Gasteiger partial charge on any atom is 0.286 e. The number of thioether (sulfide) groups is 1. The number of carbonyl (C=O) groups is 1. The van der Waals surface area contributed by atoms with E-state index in [9.17, 15) is 9.18 Å². The van der Waals surface area contributed by atoms with Gasteiger partial charge in [-0.05, 0) is 67.4 Å². The van der Waals surface area contributed by atoms with Gasteiger partial charge in [0.1, 0.15) is 5.69 Å². The van der Waals surface area contributed by atoms with Crippen LogP contribution >= 0.6 is 11.8 Å². The number of amidine groups is 1. The molecule has 1 saturated heterocycles. The lowest BCUT2D eigenvalue weighted by Crippen LogP contribution is -2.33. The summed E-state index contributed by atoms with van der Waals surface area (Å²) in [6.45, 7) is 1.85. The van der Waals surface area contributed by atoms with Gasteiger partial charge in [-0.25, -0.2) is 9.07 Å². The Balaban J connectivity index is 1.53. The molecule has 168 valence electrons. The van der Waals surface area contributed by atoms with E-state index in [4.69, 9.17) is 9.84 Å². The smallest absolute Gasteiger partial charge is 0.286 e. The van der Waals surface area contributed by atoms with Gasteiger partial charge in [-0.2, -0.15) is 10.1 Å². The molecule has 2 aliphatic rings. The summed E-state index contributed by atoms with van der Waals surface area (Å²) in [7, 11) is 1.43. The second-order valence-corrected chi connectivity index (χ2v) is 8.93. The molecule has 33 heavy (non-hydrogen) atoms. The number of methoxy groups -OCH3 is 1. The minimum absolute atomic E-state index is 0.169. The fourth-order valence-electron chi connectivity index (χ4n) is 4.00. The SMILES string of the molecule is COc1ccc(-c2nn(-c3ccccc3)cc2/C=C2\SC(N3CCCCC3)=NC2=O)cc1F. The van der Waals surface area contributed by atoms with Gasteiger partial charge in [0.25, 0.3) is 5.91 Å². The molecule has 1 fully saturated rings. The number of para-hydroxylation sites is 1. The van der Waals surface area contributed by atoms with E-state index in [2.05, 4.69) is 9.89 Å². The zero-order valence-electron chi connectivity index (χ0n) is 18.2. The molecule has 1 amide bonds. The zero-order valence-corrected chi connectivity index (χ0v) is 19.0. The molecule has 1 aromatic heterocycles. The Morgan fingerprint density at radius 3 is 2.61 bits per heavy atom. The number of aliphatic imine (C=N–C) groups is 1. The van der Waals surface area contributed by atoms with E-state index in [1.54, 1.807) is 22.9 Å². The highest BCUT2D eigenvalue weighted by molar-refractivity contribution is 8.18. The molecule has 3 aromatic rings. The highest BCUT2D eigenvalue weighted by atomic mass is 32.2. The van der Waals surface area contributed by atoms with E-state index in [1.807, 2.05) is 36.5 Å². The Labute approximate surface area is 195 Å². The largest absolute Gasteiger partial charge is 0.494 e. The Morgan fingerprint density at radius 1 is 1.09 bits per heavy atom. The molecule has 0 spiro atoms. The van der Waals surface area contributed by atoms with E-state index in [-0.39, 0.29) is 11.7 Å². The van der Waals surface area contributed by atoms with Crippen LogP contribution in [-0.4, -0.2) is 46.0 Å². The number of rotatable bonds is 4. The van der Waals surface area contributed by atoms with Gasteiger partial charge in [0.15, 0.2) is 16.7 Å². The van der Waals surface area contributed by atoms with Crippen LogP contribution in [0.2, 0.25) is 0 Å². The highest BCUT2D eigenvalue weighted by Gasteiger charge is 2.27. The number of aromatic nitrogens is 2. The number of benzene rings is 2. The van der Waals surface area contributed by atoms with Crippen molar-refractivity contribution in [3.63, 3.8) is 0 Å². The first-order valence-corrected chi connectivity index (χ1v) is 11.7. The molecule has 2 aliphatic heterocycles. The molecule has 2 aromatic carbocycles. The lowest BCUT2D eigenvalue weighted by Gasteiger charge is -2.27. The summed E-state index contributed by atoms with van der Waals surface area (Å²) in [6.07, 6.45) is 7.10. The molecule has 0 bridgehead atoms. The van der Waals surface area contributed by atoms with E-state index >= 15 is 0 Å². The number of piperidine rings is 1. The van der Waals surface area contributed by atoms with Crippen LogP contribution in [0.15, 0.2) is 64.6 Å². The van der Waals surface area contributed by atoms with Crippen LogP contribution in [-0.2, 0) is 4.79 Å². The van der Waals surface area contributed by atoms with Crippen molar-refractivity contribution in [2.75, 3.05) is 20.2 Å². The van der Waals surface area contributed by atoms with Crippen LogP contribution in [0, 0.1) is 5.82 Å². The van der Waals surface area contributed by atoms with Crippen LogP contribution in [0.3, 0.4) is 0 Å². The number of nitrogens with zero attached hydrogens (tertiary/aromatic N) is 4. The summed E-state index contributed by atoms with van der Waals surface area (Å²) < 4.78 is 21.3. The fraction of sp³-hybridized carbons (Fsp3) is 0.240. The Bertz CT molecular complexity index is 1250. The van der Waals surface area contributed by atoms with Gasteiger partial charge in [0.2, 0.25) is 0 Å². The first-order chi connectivity index (χ1) is 16.1. The van der Waals surface area contributed by atoms with E-state index in [0.717, 1.165) is 42.3 Å².